The van der Waals surface area contributed by atoms with Gasteiger partial charge in [0.2, 0.25) is 0 Å². The minimum atomic E-state index is -0.423. The first-order valence-electron chi connectivity index (χ1n) is 6.73. The van der Waals surface area contributed by atoms with Gasteiger partial charge in [-0.2, -0.15) is 5.10 Å². The number of ether oxygens (including phenoxy) is 1. The molecule has 0 bridgehead atoms. The van der Waals surface area contributed by atoms with E-state index in [-0.39, 0.29) is 5.69 Å². The van der Waals surface area contributed by atoms with Crippen molar-refractivity contribution in [2.45, 2.75) is 19.9 Å². The van der Waals surface area contributed by atoms with E-state index in [4.69, 9.17) is 4.74 Å². The van der Waals surface area contributed by atoms with Gasteiger partial charge in [0, 0.05) is 31.1 Å². The molecule has 0 spiro atoms. The van der Waals surface area contributed by atoms with Crippen LogP contribution >= 0.6 is 0 Å². The van der Waals surface area contributed by atoms with E-state index in [1.54, 1.807) is 16.9 Å². The molecule has 0 fully saturated rings. The Balaban J connectivity index is 2.15. The van der Waals surface area contributed by atoms with Crippen LogP contribution in [0.2, 0.25) is 0 Å². The smallest absolute Gasteiger partial charge is 0.275 e. The van der Waals surface area contributed by atoms with Crippen molar-refractivity contribution in [2.24, 2.45) is 7.05 Å². The van der Waals surface area contributed by atoms with Crippen molar-refractivity contribution in [2.75, 3.05) is 11.9 Å². The summed E-state index contributed by atoms with van der Waals surface area (Å²) in [4.78, 5) is 10.6. The molecule has 2 rings (SSSR count). The summed E-state index contributed by atoms with van der Waals surface area (Å²) in [7, 11) is 1.85. The summed E-state index contributed by atoms with van der Waals surface area (Å²) in [6, 6.07) is 6.58. The van der Waals surface area contributed by atoms with Crippen molar-refractivity contribution < 1.29 is 9.66 Å². The number of aryl methyl sites for hydroxylation is 1. The van der Waals surface area contributed by atoms with Gasteiger partial charge in [0.05, 0.1) is 29.8 Å². The third kappa shape index (κ3) is 3.95. The monoisotopic (exact) mass is 290 g/mol. The van der Waals surface area contributed by atoms with Gasteiger partial charge < -0.3 is 10.1 Å². The van der Waals surface area contributed by atoms with E-state index in [0.29, 0.717) is 24.6 Å². The molecule has 0 atom stereocenters. The highest BCUT2D eigenvalue weighted by Crippen LogP contribution is 2.26. The first kappa shape index (κ1) is 14.8. The van der Waals surface area contributed by atoms with Gasteiger partial charge in [-0.3, -0.25) is 14.8 Å². The van der Waals surface area contributed by atoms with Crippen molar-refractivity contribution in [3.63, 3.8) is 0 Å². The number of hydrogen-bond acceptors (Lipinski definition) is 5. The Morgan fingerprint density at radius 1 is 1.43 bits per heavy atom. The molecule has 0 unspecified atom stereocenters. The van der Waals surface area contributed by atoms with Crippen LogP contribution in [0.1, 0.15) is 19.0 Å². The number of nitro groups is 1. The Morgan fingerprint density at radius 2 is 2.24 bits per heavy atom. The number of nitro benzene ring substituents is 1. The highest BCUT2D eigenvalue weighted by molar-refractivity contribution is 5.56. The third-order valence-electron chi connectivity index (χ3n) is 2.97. The van der Waals surface area contributed by atoms with Crippen LogP contribution in [0.25, 0.3) is 0 Å². The van der Waals surface area contributed by atoms with Crippen LogP contribution in [0.15, 0.2) is 30.5 Å². The number of rotatable bonds is 7. The number of hydrogen-bond donors (Lipinski definition) is 1. The van der Waals surface area contributed by atoms with Gasteiger partial charge >= 0.3 is 0 Å². The Hall–Kier alpha value is -2.57. The van der Waals surface area contributed by atoms with Crippen molar-refractivity contribution in [3.05, 3.63) is 46.3 Å². The van der Waals surface area contributed by atoms with Crippen molar-refractivity contribution >= 4 is 11.4 Å². The number of nitrogens with zero attached hydrogens (tertiary/aromatic N) is 3. The number of anilines is 1. The van der Waals surface area contributed by atoms with Crippen LogP contribution in [-0.4, -0.2) is 21.3 Å². The normalized spacial score (nSPS) is 10.4. The fraction of sp³-hybridized carbons (Fsp3) is 0.357. The Bertz CT molecular complexity index is 624. The maximum Gasteiger partial charge on any atom is 0.275 e. The first-order chi connectivity index (χ1) is 10.1. The molecule has 0 amide bonds. The fourth-order valence-electron chi connectivity index (χ4n) is 1.86. The Morgan fingerprint density at radius 3 is 2.86 bits per heavy atom. The molecule has 7 nitrogen and oxygen atoms in total. The van der Waals surface area contributed by atoms with Crippen LogP contribution in [0.5, 0.6) is 5.75 Å². The predicted molar refractivity (Wildman–Crippen MR) is 79.4 cm³/mol. The second-order valence-corrected chi connectivity index (χ2v) is 4.62. The summed E-state index contributed by atoms with van der Waals surface area (Å²) < 4.78 is 7.23. The van der Waals surface area contributed by atoms with E-state index in [0.717, 1.165) is 12.1 Å². The molecule has 0 aliphatic rings. The van der Waals surface area contributed by atoms with E-state index in [9.17, 15) is 10.1 Å². The van der Waals surface area contributed by atoms with Gasteiger partial charge in [-0.25, -0.2) is 0 Å². The maximum atomic E-state index is 11.0. The number of aromatic nitrogens is 2. The van der Waals surface area contributed by atoms with Crippen molar-refractivity contribution in [3.8, 4) is 5.75 Å². The Kier molecular flexibility index (Phi) is 4.76. The topological polar surface area (TPSA) is 82.2 Å². The van der Waals surface area contributed by atoms with Crippen LogP contribution in [0.4, 0.5) is 11.4 Å². The summed E-state index contributed by atoms with van der Waals surface area (Å²) in [5, 5.41) is 18.2. The average Bonchev–Trinajstić information content (AvgIpc) is 2.88. The van der Waals surface area contributed by atoms with E-state index >= 15 is 0 Å². The molecule has 21 heavy (non-hydrogen) atoms. The largest absolute Gasteiger partial charge is 0.493 e. The van der Waals surface area contributed by atoms with Crippen LogP contribution in [0.3, 0.4) is 0 Å². The summed E-state index contributed by atoms with van der Waals surface area (Å²) in [6.07, 6.45) is 2.56. The third-order valence-corrected chi connectivity index (χ3v) is 2.97. The summed E-state index contributed by atoms with van der Waals surface area (Å²) in [5.74, 6) is 0.499. The lowest BCUT2D eigenvalue weighted by Gasteiger charge is -2.10. The van der Waals surface area contributed by atoms with E-state index in [1.807, 2.05) is 20.0 Å². The standard InChI is InChI=1S/C14H18N4O3/c1-3-6-21-14-8-11(7-13(9-14)18(19)20)15-10-12-4-5-16-17(12)2/h4-5,7-9,15H,3,6,10H2,1-2H3. The number of nitrogens with one attached hydrogen (secondary N) is 1. The summed E-state index contributed by atoms with van der Waals surface area (Å²) in [6.45, 7) is 3.05. The zero-order valence-electron chi connectivity index (χ0n) is 12.1. The molecule has 7 heteroatoms. The van der Waals surface area contributed by atoms with Crippen molar-refractivity contribution in [1.82, 2.24) is 9.78 Å². The molecule has 0 saturated carbocycles. The molecule has 0 aliphatic carbocycles. The molecular formula is C14H18N4O3. The molecule has 0 saturated heterocycles. The number of benzene rings is 1. The molecule has 1 aromatic carbocycles. The van der Waals surface area contributed by atoms with Crippen LogP contribution in [0, 0.1) is 10.1 Å². The molecular weight excluding hydrogens is 272 g/mol. The molecule has 0 radical (unpaired) electrons. The highest BCUT2D eigenvalue weighted by atomic mass is 16.6. The average molecular weight is 290 g/mol. The summed E-state index contributed by atoms with van der Waals surface area (Å²) in [5.41, 5.74) is 1.64. The first-order valence-corrected chi connectivity index (χ1v) is 6.73. The lowest BCUT2D eigenvalue weighted by Crippen LogP contribution is -2.06. The quantitative estimate of drug-likeness (QED) is 0.626. The highest BCUT2D eigenvalue weighted by Gasteiger charge is 2.11. The molecule has 112 valence electrons. The lowest BCUT2D eigenvalue weighted by molar-refractivity contribution is -0.384. The second-order valence-electron chi connectivity index (χ2n) is 4.62. The summed E-state index contributed by atoms with van der Waals surface area (Å²) >= 11 is 0. The van der Waals surface area contributed by atoms with E-state index in [2.05, 4.69) is 10.4 Å². The van der Waals surface area contributed by atoms with Gasteiger partial charge in [-0.05, 0) is 12.5 Å². The second kappa shape index (κ2) is 6.74. The van der Waals surface area contributed by atoms with Gasteiger partial charge in [-0.15, -0.1) is 0 Å². The van der Waals surface area contributed by atoms with E-state index in [1.165, 1.54) is 12.1 Å². The predicted octanol–water partition coefficient (Wildman–Crippen LogP) is 2.73. The molecule has 1 N–H and O–H groups in total. The van der Waals surface area contributed by atoms with Gasteiger partial charge in [0.25, 0.3) is 5.69 Å². The van der Waals surface area contributed by atoms with Gasteiger partial charge in [0.15, 0.2) is 0 Å². The minimum Gasteiger partial charge on any atom is -0.493 e. The zero-order chi connectivity index (χ0) is 15.2. The van der Waals surface area contributed by atoms with Crippen LogP contribution < -0.4 is 10.1 Å². The SMILES string of the molecule is CCCOc1cc(NCc2ccnn2C)cc([N+](=O)[O-])c1. The molecule has 0 aliphatic heterocycles. The Labute approximate surface area is 122 Å². The van der Waals surface area contributed by atoms with Gasteiger partial charge in [0.1, 0.15) is 5.75 Å². The fourth-order valence-corrected chi connectivity index (χ4v) is 1.86. The molecule has 1 aromatic heterocycles. The molecule has 2 aromatic rings. The van der Waals surface area contributed by atoms with Gasteiger partial charge in [-0.1, -0.05) is 6.92 Å². The van der Waals surface area contributed by atoms with Crippen LogP contribution in [-0.2, 0) is 13.6 Å². The lowest BCUT2D eigenvalue weighted by atomic mass is 10.2. The number of non-ortho nitro benzene ring substituents is 1. The maximum absolute atomic E-state index is 11.0. The van der Waals surface area contributed by atoms with E-state index < -0.39 is 4.92 Å². The minimum absolute atomic E-state index is 0.0103. The van der Waals surface area contributed by atoms with Crippen molar-refractivity contribution in [1.29, 1.82) is 0 Å². The zero-order valence-corrected chi connectivity index (χ0v) is 12.1. The molecule has 1 heterocycles.